The monoisotopic (exact) mass is 191 g/mol. The van der Waals surface area contributed by atoms with Crippen molar-refractivity contribution in [2.75, 3.05) is 18.5 Å². The van der Waals surface area contributed by atoms with Crippen molar-refractivity contribution >= 4 is 11.5 Å². The minimum atomic E-state index is 0.274. The Morgan fingerprint density at radius 3 is 2.57 bits per heavy atom. The quantitative estimate of drug-likeness (QED) is 0.728. The number of carbonyl (C=O) groups excluding carboxylic acids is 1. The van der Waals surface area contributed by atoms with Crippen molar-refractivity contribution in [3.63, 3.8) is 0 Å². The average molecular weight is 191 g/mol. The van der Waals surface area contributed by atoms with Crippen LogP contribution in [0.1, 0.15) is 18.9 Å². The number of likely N-dealkylation sites (N-methyl/N-ethyl adjacent to an activating group) is 1. The molecule has 0 aliphatic heterocycles. The molecule has 0 N–H and O–H groups in total. The van der Waals surface area contributed by atoms with Gasteiger partial charge in [0.05, 0.1) is 6.54 Å². The van der Waals surface area contributed by atoms with Gasteiger partial charge in [-0.15, -0.1) is 0 Å². The Morgan fingerprint density at radius 1 is 1.36 bits per heavy atom. The molecular formula is C12H17NO. The van der Waals surface area contributed by atoms with Gasteiger partial charge in [-0.2, -0.15) is 0 Å². The van der Waals surface area contributed by atoms with Gasteiger partial charge in [-0.25, -0.2) is 0 Å². The Labute approximate surface area is 85.5 Å². The molecule has 0 saturated carbocycles. The molecule has 0 saturated heterocycles. The van der Waals surface area contributed by atoms with Gasteiger partial charge >= 0.3 is 0 Å². The van der Waals surface area contributed by atoms with E-state index in [1.165, 1.54) is 5.56 Å². The molecule has 0 bridgehead atoms. The summed E-state index contributed by atoms with van der Waals surface area (Å²) in [5.41, 5.74) is 2.34. The molecule has 1 rings (SSSR count). The molecule has 0 fully saturated rings. The molecular weight excluding hydrogens is 174 g/mol. The van der Waals surface area contributed by atoms with E-state index in [2.05, 4.69) is 13.0 Å². The first kappa shape index (κ1) is 10.8. The van der Waals surface area contributed by atoms with Crippen LogP contribution in [-0.2, 0) is 4.79 Å². The smallest absolute Gasteiger partial charge is 0.151 e. The van der Waals surface area contributed by atoms with Crippen LogP contribution < -0.4 is 4.90 Å². The van der Waals surface area contributed by atoms with E-state index in [1.807, 2.05) is 37.1 Å². The summed E-state index contributed by atoms with van der Waals surface area (Å²) < 4.78 is 0. The van der Waals surface area contributed by atoms with E-state index in [1.54, 1.807) is 0 Å². The van der Waals surface area contributed by atoms with Crippen LogP contribution >= 0.6 is 0 Å². The fourth-order valence-electron chi connectivity index (χ4n) is 1.45. The zero-order chi connectivity index (χ0) is 10.6. The molecule has 0 radical (unpaired) electrons. The largest absolute Gasteiger partial charge is 0.367 e. The molecule has 2 nitrogen and oxygen atoms in total. The maximum atomic E-state index is 11.3. The first-order chi connectivity index (χ1) is 6.65. The molecule has 0 aromatic heterocycles. The molecule has 0 atom stereocenters. The summed E-state index contributed by atoms with van der Waals surface area (Å²) >= 11 is 0. The minimum Gasteiger partial charge on any atom is -0.367 e. The van der Waals surface area contributed by atoms with E-state index in [9.17, 15) is 4.79 Å². The third-order valence-electron chi connectivity index (χ3n) is 2.33. The lowest BCUT2D eigenvalue weighted by molar-refractivity contribution is -0.117. The summed E-state index contributed by atoms with van der Waals surface area (Å²) in [6, 6.07) is 8.10. The maximum absolute atomic E-state index is 11.3. The first-order valence-corrected chi connectivity index (χ1v) is 4.93. The van der Waals surface area contributed by atoms with E-state index in [0.717, 1.165) is 5.69 Å². The second-order valence-electron chi connectivity index (χ2n) is 3.53. The molecule has 0 aliphatic carbocycles. The number of para-hydroxylation sites is 1. The molecule has 0 unspecified atom stereocenters. The van der Waals surface area contributed by atoms with Crippen LogP contribution in [0, 0.1) is 6.92 Å². The predicted octanol–water partition coefficient (Wildman–Crippen LogP) is 2.41. The topological polar surface area (TPSA) is 20.3 Å². The van der Waals surface area contributed by atoms with Crippen LogP contribution in [0.5, 0.6) is 0 Å². The van der Waals surface area contributed by atoms with Crippen LogP contribution in [0.25, 0.3) is 0 Å². The number of Topliss-reactive ketones (excluding diaryl/α,β-unsaturated/α-hetero) is 1. The van der Waals surface area contributed by atoms with Gasteiger partial charge in [0.15, 0.2) is 5.78 Å². The van der Waals surface area contributed by atoms with Gasteiger partial charge < -0.3 is 4.90 Å². The molecule has 1 aromatic rings. The van der Waals surface area contributed by atoms with Crippen LogP contribution in [0.2, 0.25) is 0 Å². The predicted molar refractivity (Wildman–Crippen MR) is 59.7 cm³/mol. The third-order valence-corrected chi connectivity index (χ3v) is 2.33. The van der Waals surface area contributed by atoms with Crippen molar-refractivity contribution < 1.29 is 4.79 Å². The normalized spacial score (nSPS) is 9.93. The molecule has 2 heteroatoms. The number of carbonyl (C=O) groups is 1. The molecule has 0 aliphatic rings. The average Bonchev–Trinajstić information content (AvgIpc) is 2.18. The van der Waals surface area contributed by atoms with Gasteiger partial charge in [0.25, 0.3) is 0 Å². The molecule has 14 heavy (non-hydrogen) atoms. The molecule has 76 valence electrons. The summed E-state index contributed by atoms with van der Waals surface area (Å²) in [5.74, 6) is 0.274. The number of ketones is 1. The second kappa shape index (κ2) is 4.80. The van der Waals surface area contributed by atoms with Gasteiger partial charge in [-0.05, 0) is 18.6 Å². The highest BCUT2D eigenvalue weighted by Crippen LogP contribution is 2.17. The standard InChI is InChI=1S/C12H17NO/c1-4-11(14)9-13(3)12-8-6-5-7-10(12)2/h5-8H,4,9H2,1-3H3. The summed E-state index contributed by atoms with van der Waals surface area (Å²) in [6.07, 6.45) is 0.607. The number of hydrogen-bond donors (Lipinski definition) is 0. The number of hydrogen-bond acceptors (Lipinski definition) is 2. The van der Waals surface area contributed by atoms with Crippen molar-refractivity contribution in [3.8, 4) is 0 Å². The zero-order valence-electron chi connectivity index (χ0n) is 9.08. The number of benzene rings is 1. The Morgan fingerprint density at radius 2 is 2.00 bits per heavy atom. The molecule has 0 spiro atoms. The molecule has 0 heterocycles. The van der Waals surface area contributed by atoms with E-state index < -0.39 is 0 Å². The van der Waals surface area contributed by atoms with Gasteiger partial charge in [0.2, 0.25) is 0 Å². The highest BCUT2D eigenvalue weighted by atomic mass is 16.1. The summed E-state index contributed by atoms with van der Waals surface area (Å²) in [7, 11) is 1.95. The van der Waals surface area contributed by atoms with Crippen LogP contribution in [-0.4, -0.2) is 19.4 Å². The SMILES string of the molecule is CCC(=O)CN(C)c1ccccc1C. The Bertz CT molecular complexity index is 320. The summed E-state index contributed by atoms with van der Waals surface area (Å²) in [5, 5.41) is 0. The van der Waals surface area contributed by atoms with Crippen molar-refractivity contribution in [3.05, 3.63) is 29.8 Å². The van der Waals surface area contributed by atoms with E-state index in [4.69, 9.17) is 0 Å². The lowest BCUT2D eigenvalue weighted by Crippen LogP contribution is -2.25. The van der Waals surface area contributed by atoms with Gasteiger partial charge in [0, 0.05) is 19.2 Å². The highest BCUT2D eigenvalue weighted by molar-refractivity contribution is 5.83. The molecule has 1 aromatic carbocycles. The van der Waals surface area contributed by atoms with Crippen molar-refractivity contribution in [1.29, 1.82) is 0 Å². The fraction of sp³-hybridized carbons (Fsp3) is 0.417. The second-order valence-corrected chi connectivity index (χ2v) is 3.53. The van der Waals surface area contributed by atoms with Crippen LogP contribution in [0.4, 0.5) is 5.69 Å². The third kappa shape index (κ3) is 2.59. The maximum Gasteiger partial charge on any atom is 0.151 e. The summed E-state index contributed by atoms with van der Waals surface area (Å²) in [6.45, 7) is 4.46. The first-order valence-electron chi connectivity index (χ1n) is 4.93. The van der Waals surface area contributed by atoms with Gasteiger partial charge in [0.1, 0.15) is 0 Å². The lowest BCUT2D eigenvalue weighted by atomic mass is 10.2. The number of aryl methyl sites for hydroxylation is 1. The minimum absolute atomic E-state index is 0.274. The number of rotatable bonds is 4. The Kier molecular flexibility index (Phi) is 3.69. The van der Waals surface area contributed by atoms with Crippen molar-refractivity contribution in [1.82, 2.24) is 0 Å². The van der Waals surface area contributed by atoms with E-state index >= 15 is 0 Å². The number of anilines is 1. The summed E-state index contributed by atoms with van der Waals surface area (Å²) in [4.78, 5) is 13.3. The van der Waals surface area contributed by atoms with Crippen LogP contribution in [0.15, 0.2) is 24.3 Å². The fourth-order valence-corrected chi connectivity index (χ4v) is 1.45. The Hall–Kier alpha value is -1.31. The van der Waals surface area contributed by atoms with Gasteiger partial charge in [-0.3, -0.25) is 4.79 Å². The molecule has 0 amide bonds. The lowest BCUT2D eigenvalue weighted by Gasteiger charge is -2.20. The van der Waals surface area contributed by atoms with E-state index in [-0.39, 0.29) is 5.78 Å². The van der Waals surface area contributed by atoms with Crippen molar-refractivity contribution in [2.45, 2.75) is 20.3 Å². The van der Waals surface area contributed by atoms with Crippen LogP contribution in [0.3, 0.4) is 0 Å². The van der Waals surface area contributed by atoms with Gasteiger partial charge in [-0.1, -0.05) is 25.1 Å². The Balaban J connectivity index is 2.74. The van der Waals surface area contributed by atoms with E-state index in [0.29, 0.717) is 13.0 Å². The number of nitrogens with zero attached hydrogens (tertiary/aromatic N) is 1. The highest BCUT2D eigenvalue weighted by Gasteiger charge is 2.06. The zero-order valence-corrected chi connectivity index (χ0v) is 9.08. The van der Waals surface area contributed by atoms with Crippen molar-refractivity contribution in [2.24, 2.45) is 0 Å².